The summed E-state index contributed by atoms with van der Waals surface area (Å²) in [5.41, 5.74) is -1.10. The predicted octanol–water partition coefficient (Wildman–Crippen LogP) is 2.59. The maximum absolute atomic E-state index is 12.6. The highest BCUT2D eigenvalue weighted by molar-refractivity contribution is 5.78. The Balaban J connectivity index is 1.99. The highest BCUT2D eigenvalue weighted by Crippen LogP contribution is 2.30. The highest BCUT2D eigenvalue weighted by Gasteiger charge is 2.30. The average Bonchev–Trinajstić information content (AvgIpc) is 2.93. The second-order valence-corrected chi connectivity index (χ2v) is 5.07. The molecular formula is C14H13F3N2O2. The summed E-state index contributed by atoms with van der Waals surface area (Å²) < 4.78 is 44.8. The zero-order valence-corrected chi connectivity index (χ0v) is 11.1. The Bertz CT molecular complexity index is 718. The molecule has 1 aliphatic heterocycles. The van der Waals surface area contributed by atoms with Crippen molar-refractivity contribution in [2.24, 2.45) is 0 Å². The molecule has 3 rings (SSSR count). The lowest BCUT2D eigenvalue weighted by atomic mass is 10.1. The van der Waals surface area contributed by atoms with Crippen molar-refractivity contribution in [3.63, 3.8) is 0 Å². The number of nitrogens with zero attached hydrogens (tertiary/aromatic N) is 2. The molecule has 1 aliphatic rings. The lowest BCUT2D eigenvalue weighted by molar-refractivity contribution is -0.137. The standard InChI is InChI=1S/C14H13F3N2O2/c15-14(16,17)9-3-4-11-12(6-9)18-8-19(13(11)20)7-10-2-1-5-21-10/h3-4,6,8,10H,1-2,5,7H2. The van der Waals surface area contributed by atoms with Crippen LogP contribution in [0.2, 0.25) is 0 Å². The molecule has 0 aliphatic carbocycles. The van der Waals surface area contributed by atoms with Crippen molar-refractivity contribution in [1.29, 1.82) is 0 Å². The molecule has 21 heavy (non-hydrogen) atoms. The first-order valence-electron chi connectivity index (χ1n) is 6.63. The van der Waals surface area contributed by atoms with E-state index in [1.165, 1.54) is 17.0 Å². The first kappa shape index (κ1) is 14.1. The molecule has 1 aromatic heterocycles. The fraction of sp³-hybridized carbons (Fsp3) is 0.429. The van der Waals surface area contributed by atoms with Crippen molar-refractivity contribution >= 4 is 10.9 Å². The van der Waals surface area contributed by atoms with E-state index in [9.17, 15) is 18.0 Å². The van der Waals surface area contributed by atoms with Crippen LogP contribution >= 0.6 is 0 Å². The summed E-state index contributed by atoms with van der Waals surface area (Å²) in [7, 11) is 0. The number of ether oxygens (including phenoxy) is 1. The SMILES string of the molecule is O=c1c2ccc(C(F)(F)F)cc2ncn1CC1CCCO1. The van der Waals surface area contributed by atoms with Gasteiger partial charge in [0.05, 0.1) is 35.4 Å². The van der Waals surface area contributed by atoms with Gasteiger partial charge in [0, 0.05) is 6.61 Å². The molecule has 1 aromatic carbocycles. The molecule has 1 fully saturated rings. The van der Waals surface area contributed by atoms with Crippen molar-refractivity contribution in [1.82, 2.24) is 9.55 Å². The lowest BCUT2D eigenvalue weighted by Crippen LogP contribution is -2.26. The smallest absolute Gasteiger partial charge is 0.376 e. The third kappa shape index (κ3) is 2.78. The van der Waals surface area contributed by atoms with Crippen LogP contribution in [0.25, 0.3) is 10.9 Å². The number of rotatable bonds is 2. The Morgan fingerprint density at radius 3 is 2.86 bits per heavy atom. The Kier molecular flexibility index (Phi) is 3.44. The van der Waals surface area contributed by atoms with Crippen LogP contribution in [0, 0.1) is 0 Å². The Labute approximate surface area is 118 Å². The molecule has 112 valence electrons. The third-order valence-corrected chi connectivity index (χ3v) is 3.58. The van der Waals surface area contributed by atoms with Gasteiger partial charge in [-0.1, -0.05) is 0 Å². The van der Waals surface area contributed by atoms with Crippen molar-refractivity contribution in [3.8, 4) is 0 Å². The Hall–Kier alpha value is -1.89. The third-order valence-electron chi connectivity index (χ3n) is 3.58. The predicted molar refractivity (Wildman–Crippen MR) is 70.0 cm³/mol. The summed E-state index contributed by atoms with van der Waals surface area (Å²) in [5.74, 6) is 0. The van der Waals surface area contributed by atoms with Crippen LogP contribution in [-0.4, -0.2) is 22.3 Å². The van der Waals surface area contributed by atoms with E-state index in [1.807, 2.05) is 0 Å². The molecule has 4 nitrogen and oxygen atoms in total. The molecule has 0 spiro atoms. The van der Waals surface area contributed by atoms with Crippen LogP contribution < -0.4 is 5.56 Å². The molecular weight excluding hydrogens is 285 g/mol. The highest BCUT2D eigenvalue weighted by atomic mass is 19.4. The van der Waals surface area contributed by atoms with Crippen molar-refractivity contribution in [3.05, 3.63) is 40.4 Å². The topological polar surface area (TPSA) is 44.1 Å². The Morgan fingerprint density at radius 1 is 1.38 bits per heavy atom. The van der Waals surface area contributed by atoms with Crippen LogP contribution in [-0.2, 0) is 17.5 Å². The Morgan fingerprint density at radius 2 is 2.19 bits per heavy atom. The van der Waals surface area contributed by atoms with Gasteiger partial charge in [-0.25, -0.2) is 4.98 Å². The number of halogens is 3. The normalized spacial score (nSPS) is 19.3. The minimum Gasteiger partial charge on any atom is -0.376 e. The quantitative estimate of drug-likeness (QED) is 0.856. The summed E-state index contributed by atoms with van der Waals surface area (Å²) in [6.07, 6.45) is -1.36. The van der Waals surface area contributed by atoms with Gasteiger partial charge < -0.3 is 4.74 Å². The van der Waals surface area contributed by atoms with Gasteiger partial charge in [0.15, 0.2) is 0 Å². The fourth-order valence-corrected chi connectivity index (χ4v) is 2.47. The summed E-state index contributed by atoms with van der Waals surface area (Å²) >= 11 is 0. The zero-order valence-electron chi connectivity index (χ0n) is 11.1. The summed E-state index contributed by atoms with van der Waals surface area (Å²) in [4.78, 5) is 16.2. The van der Waals surface area contributed by atoms with E-state index in [0.717, 1.165) is 25.0 Å². The number of hydrogen-bond acceptors (Lipinski definition) is 3. The van der Waals surface area contributed by atoms with Crippen LogP contribution in [0.1, 0.15) is 18.4 Å². The van der Waals surface area contributed by atoms with Gasteiger partial charge in [0.2, 0.25) is 0 Å². The monoisotopic (exact) mass is 298 g/mol. The van der Waals surface area contributed by atoms with Crippen molar-refractivity contribution in [2.75, 3.05) is 6.61 Å². The van der Waals surface area contributed by atoms with Gasteiger partial charge in [0.1, 0.15) is 0 Å². The van der Waals surface area contributed by atoms with Gasteiger partial charge in [-0.2, -0.15) is 13.2 Å². The molecule has 7 heteroatoms. The molecule has 2 heterocycles. The van der Waals surface area contributed by atoms with Gasteiger partial charge in [-0.05, 0) is 31.0 Å². The number of hydrogen-bond donors (Lipinski definition) is 0. The number of fused-ring (bicyclic) bond motifs is 1. The largest absolute Gasteiger partial charge is 0.416 e. The summed E-state index contributed by atoms with van der Waals surface area (Å²) in [5, 5.41) is 0.184. The van der Waals surface area contributed by atoms with Crippen LogP contribution in [0.15, 0.2) is 29.3 Å². The maximum Gasteiger partial charge on any atom is 0.416 e. The first-order valence-corrected chi connectivity index (χ1v) is 6.63. The summed E-state index contributed by atoms with van der Waals surface area (Å²) in [6.45, 7) is 1.05. The van der Waals surface area contributed by atoms with E-state index in [2.05, 4.69) is 4.98 Å². The van der Waals surface area contributed by atoms with E-state index >= 15 is 0 Å². The molecule has 0 bridgehead atoms. The van der Waals surface area contributed by atoms with Crippen LogP contribution in [0.4, 0.5) is 13.2 Å². The minimum atomic E-state index is -4.44. The van der Waals surface area contributed by atoms with E-state index < -0.39 is 11.7 Å². The second-order valence-electron chi connectivity index (χ2n) is 5.07. The molecule has 0 radical (unpaired) electrons. The average molecular weight is 298 g/mol. The van der Waals surface area contributed by atoms with E-state index in [4.69, 9.17) is 4.74 Å². The molecule has 1 unspecified atom stereocenters. The fourth-order valence-electron chi connectivity index (χ4n) is 2.47. The van der Waals surface area contributed by atoms with E-state index in [0.29, 0.717) is 13.2 Å². The van der Waals surface area contributed by atoms with Crippen molar-refractivity contribution < 1.29 is 17.9 Å². The molecule has 1 atom stereocenters. The maximum atomic E-state index is 12.6. The van der Waals surface area contributed by atoms with Crippen molar-refractivity contribution in [2.45, 2.75) is 31.7 Å². The van der Waals surface area contributed by atoms with Gasteiger partial charge in [-0.3, -0.25) is 9.36 Å². The van der Waals surface area contributed by atoms with E-state index in [1.54, 1.807) is 0 Å². The molecule has 0 saturated carbocycles. The lowest BCUT2D eigenvalue weighted by Gasteiger charge is -2.12. The first-order chi connectivity index (χ1) is 9.95. The number of aromatic nitrogens is 2. The molecule has 0 amide bonds. The summed E-state index contributed by atoms with van der Waals surface area (Å²) in [6, 6.07) is 2.98. The number of alkyl halides is 3. The molecule has 1 saturated heterocycles. The molecule has 0 N–H and O–H groups in total. The molecule has 2 aromatic rings. The number of benzene rings is 1. The zero-order chi connectivity index (χ0) is 15.0. The van der Waals surface area contributed by atoms with Gasteiger partial charge in [0.25, 0.3) is 5.56 Å². The minimum absolute atomic E-state index is 0.0311. The van der Waals surface area contributed by atoms with Crippen LogP contribution in [0.5, 0.6) is 0 Å². The van der Waals surface area contributed by atoms with E-state index in [-0.39, 0.29) is 22.6 Å². The second kappa shape index (κ2) is 5.14. The van der Waals surface area contributed by atoms with Gasteiger partial charge >= 0.3 is 6.18 Å². The van der Waals surface area contributed by atoms with Gasteiger partial charge in [-0.15, -0.1) is 0 Å². The van der Waals surface area contributed by atoms with Crippen LogP contribution in [0.3, 0.4) is 0 Å².